The van der Waals surface area contributed by atoms with E-state index in [1.165, 1.54) is 6.92 Å². The zero-order valence-electron chi connectivity index (χ0n) is 8.65. The van der Waals surface area contributed by atoms with Crippen molar-refractivity contribution in [1.29, 1.82) is 0 Å². The van der Waals surface area contributed by atoms with Crippen molar-refractivity contribution in [1.82, 2.24) is 0 Å². The molecule has 4 nitrogen and oxygen atoms in total. The van der Waals surface area contributed by atoms with Gasteiger partial charge >= 0.3 is 57.4 Å². The largest absolute Gasteiger partial charge is 1.00 e. The number of esters is 1. The maximum atomic E-state index is 10.5. The smallest absolute Gasteiger partial charge is 0.550 e. The van der Waals surface area contributed by atoms with E-state index in [0.29, 0.717) is 11.3 Å². The van der Waals surface area contributed by atoms with Crippen LogP contribution in [0.5, 0.6) is 5.75 Å². The summed E-state index contributed by atoms with van der Waals surface area (Å²) in [5.74, 6) is -1.14. The van der Waals surface area contributed by atoms with Gasteiger partial charge in [-0.3, -0.25) is 4.79 Å². The maximum Gasteiger partial charge on any atom is 1.00 e. The molecule has 1 aromatic carbocycles. The molecule has 0 aliphatic carbocycles. The van der Waals surface area contributed by atoms with Crippen LogP contribution in [0.25, 0.3) is 0 Å². The standard InChI is InChI=1S/C10H10O4.K/c1-7(11)14-9-4-2-8(3-5-9)6-10(12)13;/h2-5H,6H2,1H3,(H,12,13);/q;+1/p-1. The zero-order chi connectivity index (χ0) is 10.6. The number of ether oxygens (including phenoxy) is 1. The van der Waals surface area contributed by atoms with Gasteiger partial charge in [0.2, 0.25) is 0 Å². The minimum atomic E-state index is -1.13. The summed E-state index contributed by atoms with van der Waals surface area (Å²) in [6.45, 7) is 1.30. The van der Waals surface area contributed by atoms with Crippen molar-refractivity contribution >= 4 is 11.9 Å². The Morgan fingerprint density at radius 2 is 1.80 bits per heavy atom. The van der Waals surface area contributed by atoms with E-state index in [2.05, 4.69) is 0 Å². The van der Waals surface area contributed by atoms with Gasteiger partial charge in [0.25, 0.3) is 0 Å². The Bertz CT molecular complexity index is 310. The topological polar surface area (TPSA) is 66.4 Å². The second kappa shape index (κ2) is 7.13. The maximum absolute atomic E-state index is 10.5. The minimum Gasteiger partial charge on any atom is -0.550 e. The van der Waals surface area contributed by atoms with E-state index in [1.807, 2.05) is 0 Å². The molecule has 0 spiro atoms. The molecule has 0 heterocycles. The van der Waals surface area contributed by atoms with E-state index in [4.69, 9.17) is 4.74 Å². The number of carboxylic acid groups (broad SMARTS) is 1. The molecule has 0 atom stereocenters. The van der Waals surface area contributed by atoms with Crippen molar-refractivity contribution in [2.75, 3.05) is 0 Å². The molecule has 0 aliphatic rings. The van der Waals surface area contributed by atoms with E-state index in [0.717, 1.165) is 0 Å². The number of aliphatic carboxylic acids is 1. The van der Waals surface area contributed by atoms with E-state index in [9.17, 15) is 14.7 Å². The molecule has 1 aromatic rings. The number of rotatable bonds is 3. The van der Waals surface area contributed by atoms with Crippen LogP contribution in [0, 0.1) is 0 Å². The first kappa shape index (κ1) is 14.8. The van der Waals surface area contributed by atoms with Crippen LogP contribution < -0.4 is 61.2 Å². The van der Waals surface area contributed by atoms with Gasteiger partial charge in [-0.15, -0.1) is 0 Å². The van der Waals surface area contributed by atoms with Gasteiger partial charge in [-0.2, -0.15) is 0 Å². The molecule has 15 heavy (non-hydrogen) atoms. The van der Waals surface area contributed by atoms with Gasteiger partial charge in [-0.25, -0.2) is 0 Å². The SMILES string of the molecule is CC(=O)Oc1ccc(CC(=O)[O-])cc1.[K+]. The third kappa shape index (κ3) is 6.06. The summed E-state index contributed by atoms with van der Waals surface area (Å²) in [4.78, 5) is 20.8. The molecule has 0 amide bonds. The molecular weight excluding hydrogens is 223 g/mol. The normalized spacial score (nSPS) is 8.87. The summed E-state index contributed by atoms with van der Waals surface area (Å²) >= 11 is 0. The van der Waals surface area contributed by atoms with Crippen LogP contribution in [-0.2, 0) is 16.0 Å². The van der Waals surface area contributed by atoms with Gasteiger partial charge in [-0.1, -0.05) is 12.1 Å². The monoisotopic (exact) mass is 232 g/mol. The van der Waals surface area contributed by atoms with Crippen molar-refractivity contribution in [3.8, 4) is 5.75 Å². The Kier molecular flexibility index (Phi) is 7.04. The summed E-state index contributed by atoms with van der Waals surface area (Å²) < 4.78 is 4.77. The third-order valence-corrected chi connectivity index (χ3v) is 1.53. The molecule has 0 bridgehead atoms. The van der Waals surface area contributed by atoms with Crippen LogP contribution in [0.15, 0.2) is 24.3 Å². The molecule has 0 aliphatic heterocycles. The Balaban J connectivity index is 0.00000196. The molecule has 0 N–H and O–H groups in total. The van der Waals surface area contributed by atoms with Gasteiger partial charge in [0, 0.05) is 19.3 Å². The molecule has 0 unspecified atom stereocenters. The molecule has 74 valence electrons. The molecular formula is C10H9KO4. The minimum absolute atomic E-state index is 0. The number of hydrogen-bond acceptors (Lipinski definition) is 4. The van der Waals surface area contributed by atoms with Gasteiger partial charge in [0.15, 0.2) is 0 Å². The first-order chi connectivity index (χ1) is 6.58. The predicted octanol–water partition coefficient (Wildman–Crippen LogP) is -3.09. The van der Waals surface area contributed by atoms with Crippen LogP contribution in [0.4, 0.5) is 0 Å². The van der Waals surface area contributed by atoms with Crippen molar-refractivity contribution in [3.63, 3.8) is 0 Å². The number of carboxylic acids is 1. The van der Waals surface area contributed by atoms with Gasteiger partial charge in [0.05, 0.1) is 0 Å². The van der Waals surface area contributed by atoms with E-state index in [-0.39, 0.29) is 57.8 Å². The fraction of sp³-hybridized carbons (Fsp3) is 0.200. The van der Waals surface area contributed by atoms with Crippen LogP contribution in [0.1, 0.15) is 12.5 Å². The Hall–Kier alpha value is -0.204. The quantitative estimate of drug-likeness (QED) is 0.315. The average molecular weight is 232 g/mol. The summed E-state index contributed by atoms with van der Waals surface area (Å²) in [6.07, 6.45) is -0.139. The molecule has 1 rings (SSSR count). The van der Waals surface area contributed by atoms with Crippen molar-refractivity contribution < 1.29 is 70.8 Å². The Labute approximate surface area is 130 Å². The molecule has 0 fully saturated rings. The van der Waals surface area contributed by atoms with Crippen LogP contribution in [0.2, 0.25) is 0 Å². The van der Waals surface area contributed by atoms with Gasteiger partial charge in [0.1, 0.15) is 5.75 Å². The fourth-order valence-corrected chi connectivity index (χ4v) is 1.01. The average Bonchev–Trinajstić information content (AvgIpc) is 2.06. The predicted molar refractivity (Wildman–Crippen MR) is 46.5 cm³/mol. The third-order valence-electron chi connectivity index (χ3n) is 1.53. The van der Waals surface area contributed by atoms with Crippen LogP contribution in [0.3, 0.4) is 0 Å². The van der Waals surface area contributed by atoms with E-state index in [1.54, 1.807) is 24.3 Å². The van der Waals surface area contributed by atoms with E-state index >= 15 is 0 Å². The van der Waals surface area contributed by atoms with Crippen molar-refractivity contribution in [3.05, 3.63) is 29.8 Å². The molecule has 0 aromatic heterocycles. The van der Waals surface area contributed by atoms with E-state index < -0.39 is 11.9 Å². The van der Waals surface area contributed by atoms with Crippen LogP contribution >= 0.6 is 0 Å². The molecule has 0 saturated carbocycles. The zero-order valence-corrected chi connectivity index (χ0v) is 11.8. The molecule has 0 radical (unpaired) electrons. The second-order valence-electron chi connectivity index (χ2n) is 2.79. The number of benzene rings is 1. The first-order valence-electron chi connectivity index (χ1n) is 4.05. The summed E-state index contributed by atoms with van der Waals surface area (Å²) in [5, 5.41) is 10.2. The number of hydrogen-bond donors (Lipinski definition) is 0. The number of carbonyl (C=O) groups excluding carboxylic acids is 2. The Morgan fingerprint density at radius 3 is 2.20 bits per heavy atom. The summed E-state index contributed by atoms with van der Waals surface area (Å²) in [5.41, 5.74) is 0.612. The fourth-order valence-electron chi connectivity index (χ4n) is 1.01. The molecule has 5 heteroatoms. The molecule has 0 saturated heterocycles. The van der Waals surface area contributed by atoms with Gasteiger partial charge < -0.3 is 14.6 Å². The Morgan fingerprint density at radius 1 is 1.27 bits per heavy atom. The second-order valence-corrected chi connectivity index (χ2v) is 2.79. The van der Waals surface area contributed by atoms with Crippen molar-refractivity contribution in [2.45, 2.75) is 13.3 Å². The van der Waals surface area contributed by atoms with Crippen LogP contribution in [-0.4, -0.2) is 11.9 Å². The van der Waals surface area contributed by atoms with Crippen molar-refractivity contribution in [2.24, 2.45) is 0 Å². The summed E-state index contributed by atoms with van der Waals surface area (Å²) in [6, 6.07) is 6.24. The first-order valence-corrected chi connectivity index (χ1v) is 4.05. The van der Waals surface area contributed by atoms with Gasteiger partial charge in [-0.05, 0) is 17.7 Å². The number of carbonyl (C=O) groups is 2. The summed E-state index contributed by atoms with van der Waals surface area (Å²) in [7, 11) is 0.